The average Bonchev–Trinajstić information content (AvgIpc) is 2.37. The smallest absolute Gasteiger partial charge is 0.337 e. The Hall–Kier alpha value is -1.88. The number of allylic oxidation sites excluding steroid dienone is 1. The third kappa shape index (κ3) is 4.29. The monoisotopic (exact) mass is 304 g/mol. The molecule has 5 heteroatoms. The molecule has 2 rings (SSSR count). The third-order valence-electron chi connectivity index (χ3n) is 3.33. The van der Waals surface area contributed by atoms with E-state index in [1.807, 2.05) is 6.92 Å². The van der Waals surface area contributed by atoms with E-state index in [2.05, 4.69) is 42.7 Å². The molecule has 0 unspecified atom stereocenters. The highest BCUT2D eigenvalue weighted by Gasteiger charge is 2.19. The molecule has 1 aromatic rings. The number of hydrogen-bond acceptors (Lipinski definition) is 3. The number of rotatable bonds is 4. The van der Waals surface area contributed by atoms with Crippen LogP contribution in [0.5, 0.6) is 0 Å². The van der Waals surface area contributed by atoms with E-state index >= 15 is 0 Å². The maximum absolute atomic E-state index is 12.0. The van der Waals surface area contributed by atoms with E-state index in [0.29, 0.717) is 23.8 Å². The van der Waals surface area contributed by atoms with Crippen molar-refractivity contribution < 1.29 is 9.53 Å². The molecule has 1 heterocycles. The van der Waals surface area contributed by atoms with Gasteiger partial charge in [-0.25, -0.2) is 4.79 Å². The van der Waals surface area contributed by atoms with Crippen molar-refractivity contribution >= 4 is 23.3 Å². The quantitative estimate of drug-likeness (QED) is 0.659. The molecule has 1 aliphatic rings. The van der Waals surface area contributed by atoms with Gasteiger partial charge in [-0.1, -0.05) is 29.3 Å². The topological polar surface area (TPSA) is 50.4 Å². The van der Waals surface area contributed by atoms with Crippen LogP contribution in [-0.4, -0.2) is 24.2 Å². The second-order valence-corrected chi connectivity index (χ2v) is 5.70. The number of carbonyl (C=O) groups is 1. The van der Waals surface area contributed by atoms with Crippen LogP contribution >= 0.6 is 12.2 Å². The van der Waals surface area contributed by atoms with Crippen molar-refractivity contribution in [3.05, 3.63) is 46.2 Å². The maximum atomic E-state index is 12.0. The minimum Gasteiger partial charge on any atom is -0.462 e. The molecule has 0 spiro atoms. The Morgan fingerprint density at radius 1 is 1.24 bits per heavy atom. The first-order valence-electron chi connectivity index (χ1n) is 6.94. The molecular formula is C16H20N2O2S. The summed E-state index contributed by atoms with van der Waals surface area (Å²) in [7, 11) is 0. The van der Waals surface area contributed by atoms with Gasteiger partial charge < -0.3 is 15.4 Å². The summed E-state index contributed by atoms with van der Waals surface area (Å²) in [5.41, 5.74) is 5.00. The summed E-state index contributed by atoms with van der Waals surface area (Å²) in [5, 5.41) is 6.40. The van der Waals surface area contributed by atoms with Crippen molar-refractivity contribution in [2.45, 2.75) is 27.2 Å². The fraction of sp³-hybridized carbons (Fsp3) is 0.375. The lowest BCUT2D eigenvalue weighted by molar-refractivity contribution is -0.139. The van der Waals surface area contributed by atoms with Crippen molar-refractivity contribution in [1.29, 1.82) is 0 Å². The zero-order valence-corrected chi connectivity index (χ0v) is 13.4. The zero-order chi connectivity index (χ0) is 15.4. The predicted molar refractivity (Wildman–Crippen MR) is 87.0 cm³/mol. The second kappa shape index (κ2) is 6.72. The van der Waals surface area contributed by atoms with E-state index < -0.39 is 0 Å². The number of hydrogen-bond donors (Lipinski definition) is 2. The van der Waals surface area contributed by atoms with Gasteiger partial charge in [0.25, 0.3) is 0 Å². The SMILES string of the molecule is CC1=C(C(=O)OCCc2cc(C)cc(C)c2)CNC(=S)N1. The molecule has 1 aromatic carbocycles. The van der Waals surface area contributed by atoms with Crippen LogP contribution in [0, 0.1) is 13.8 Å². The molecular weight excluding hydrogens is 284 g/mol. The molecule has 0 fully saturated rings. The van der Waals surface area contributed by atoms with Crippen molar-refractivity contribution in [3.63, 3.8) is 0 Å². The van der Waals surface area contributed by atoms with Gasteiger partial charge in [0.05, 0.1) is 18.7 Å². The number of aryl methyl sites for hydroxylation is 2. The van der Waals surface area contributed by atoms with E-state index in [-0.39, 0.29) is 5.97 Å². The molecule has 0 radical (unpaired) electrons. The fourth-order valence-electron chi connectivity index (χ4n) is 2.38. The van der Waals surface area contributed by atoms with Crippen LogP contribution in [0.1, 0.15) is 23.6 Å². The highest BCUT2D eigenvalue weighted by atomic mass is 32.1. The highest BCUT2D eigenvalue weighted by molar-refractivity contribution is 7.80. The molecule has 0 saturated heterocycles. The Kier molecular flexibility index (Phi) is 4.96. The first-order chi connectivity index (χ1) is 9.95. The Bertz CT molecular complexity index is 588. The van der Waals surface area contributed by atoms with Crippen LogP contribution in [0.3, 0.4) is 0 Å². The zero-order valence-electron chi connectivity index (χ0n) is 12.6. The Labute approximate surface area is 130 Å². The lowest BCUT2D eigenvalue weighted by Gasteiger charge is -2.20. The number of nitrogens with one attached hydrogen (secondary N) is 2. The number of ether oxygens (including phenoxy) is 1. The lowest BCUT2D eigenvalue weighted by Crippen LogP contribution is -2.43. The van der Waals surface area contributed by atoms with Gasteiger partial charge in [0.1, 0.15) is 0 Å². The molecule has 0 atom stereocenters. The molecule has 4 nitrogen and oxygen atoms in total. The first-order valence-corrected chi connectivity index (χ1v) is 7.35. The van der Waals surface area contributed by atoms with Crippen molar-refractivity contribution in [3.8, 4) is 0 Å². The highest BCUT2D eigenvalue weighted by Crippen LogP contribution is 2.11. The summed E-state index contributed by atoms with van der Waals surface area (Å²) >= 11 is 4.99. The summed E-state index contributed by atoms with van der Waals surface area (Å²) in [4.78, 5) is 12.0. The Morgan fingerprint density at radius 3 is 2.52 bits per heavy atom. The first kappa shape index (κ1) is 15.5. The predicted octanol–water partition coefficient (Wildman–Crippen LogP) is 2.14. The third-order valence-corrected chi connectivity index (χ3v) is 3.58. The molecule has 21 heavy (non-hydrogen) atoms. The molecule has 112 valence electrons. The van der Waals surface area contributed by atoms with Crippen molar-refractivity contribution in [2.24, 2.45) is 0 Å². The van der Waals surface area contributed by atoms with Gasteiger partial charge in [-0.15, -0.1) is 0 Å². The molecule has 0 saturated carbocycles. The maximum Gasteiger partial charge on any atom is 0.337 e. The molecule has 0 aromatic heterocycles. The molecule has 0 amide bonds. The standard InChI is InChI=1S/C16H20N2O2S/c1-10-6-11(2)8-13(7-10)4-5-20-15(19)14-9-17-16(21)18-12(14)3/h6-8H,4-5,9H2,1-3H3,(H2,17,18,21). The number of carbonyl (C=O) groups excluding carboxylic acids is 1. The van der Waals surface area contributed by atoms with E-state index in [1.165, 1.54) is 16.7 Å². The van der Waals surface area contributed by atoms with Crippen LogP contribution in [0.4, 0.5) is 0 Å². The molecule has 0 aliphatic carbocycles. The summed E-state index contributed by atoms with van der Waals surface area (Å²) in [6.07, 6.45) is 0.722. The van der Waals surface area contributed by atoms with Crippen molar-refractivity contribution in [1.82, 2.24) is 10.6 Å². The van der Waals surface area contributed by atoms with Gasteiger partial charge in [-0.3, -0.25) is 0 Å². The Morgan fingerprint density at radius 2 is 1.90 bits per heavy atom. The molecule has 0 bridgehead atoms. The van der Waals surface area contributed by atoms with Gasteiger partial charge in [0, 0.05) is 12.1 Å². The van der Waals surface area contributed by atoms with E-state index in [0.717, 1.165) is 12.1 Å². The van der Waals surface area contributed by atoms with Gasteiger partial charge in [-0.05, 0) is 38.6 Å². The molecule has 1 aliphatic heterocycles. The summed E-state index contributed by atoms with van der Waals surface area (Å²) in [5.74, 6) is -0.292. The largest absolute Gasteiger partial charge is 0.462 e. The van der Waals surface area contributed by atoms with Crippen LogP contribution in [0.15, 0.2) is 29.5 Å². The number of thiocarbonyl (C=S) groups is 1. The van der Waals surface area contributed by atoms with Gasteiger partial charge in [-0.2, -0.15) is 0 Å². The van der Waals surface area contributed by atoms with Gasteiger partial charge in [0.15, 0.2) is 5.11 Å². The number of esters is 1. The van der Waals surface area contributed by atoms with Crippen molar-refractivity contribution in [2.75, 3.05) is 13.2 Å². The van der Waals surface area contributed by atoms with Gasteiger partial charge >= 0.3 is 5.97 Å². The Balaban J connectivity index is 1.90. The minimum absolute atomic E-state index is 0.292. The second-order valence-electron chi connectivity index (χ2n) is 5.29. The van der Waals surface area contributed by atoms with Gasteiger partial charge in [0.2, 0.25) is 0 Å². The minimum atomic E-state index is -0.292. The summed E-state index contributed by atoms with van der Waals surface area (Å²) < 4.78 is 5.35. The average molecular weight is 304 g/mol. The normalized spacial score (nSPS) is 14.5. The lowest BCUT2D eigenvalue weighted by atomic mass is 10.1. The van der Waals surface area contributed by atoms with Crippen LogP contribution in [0.25, 0.3) is 0 Å². The van der Waals surface area contributed by atoms with Crippen LogP contribution < -0.4 is 10.6 Å². The summed E-state index contributed by atoms with van der Waals surface area (Å²) in [6, 6.07) is 6.37. The summed E-state index contributed by atoms with van der Waals surface area (Å²) in [6.45, 7) is 6.76. The van der Waals surface area contributed by atoms with E-state index in [9.17, 15) is 4.79 Å². The van der Waals surface area contributed by atoms with E-state index in [1.54, 1.807) is 0 Å². The molecule has 2 N–H and O–H groups in total. The van der Waals surface area contributed by atoms with E-state index in [4.69, 9.17) is 17.0 Å². The fourth-order valence-corrected chi connectivity index (χ4v) is 2.60. The number of benzene rings is 1. The van der Waals surface area contributed by atoms with Crippen LogP contribution in [0.2, 0.25) is 0 Å². The van der Waals surface area contributed by atoms with Crippen LogP contribution in [-0.2, 0) is 16.0 Å².